The lowest BCUT2D eigenvalue weighted by molar-refractivity contribution is 0.455. The summed E-state index contributed by atoms with van der Waals surface area (Å²) in [5.74, 6) is 0.645. The summed E-state index contributed by atoms with van der Waals surface area (Å²) in [6, 6.07) is 83.4. The van der Waals surface area contributed by atoms with Crippen LogP contribution in [0.3, 0.4) is 0 Å². The van der Waals surface area contributed by atoms with Crippen LogP contribution in [0, 0.1) is 0 Å². The van der Waals surface area contributed by atoms with Crippen LogP contribution in [0.5, 0.6) is 5.75 Å². The van der Waals surface area contributed by atoms with Crippen LogP contribution in [0.25, 0.3) is 77.9 Å². The van der Waals surface area contributed by atoms with Gasteiger partial charge in [-0.3, -0.25) is 0 Å². The number of halogens is 2. The smallest absolute Gasteiger partial charge is 0.537 e. The molecule has 0 saturated carbocycles. The lowest BCUT2D eigenvalue weighted by atomic mass is 9.91. The van der Waals surface area contributed by atoms with Gasteiger partial charge >= 0.3 is 7.69 Å². The quantitative estimate of drug-likeness (QED) is 0.161. The molecule has 0 unspecified atom stereocenters. The fourth-order valence-corrected chi connectivity index (χ4v) is 10.0. The van der Waals surface area contributed by atoms with Gasteiger partial charge in [0, 0.05) is 14.5 Å². The summed E-state index contributed by atoms with van der Waals surface area (Å²) < 4.78 is 7.32. The third-order valence-electron chi connectivity index (χ3n) is 12.5. The minimum atomic E-state index is 0.645. The summed E-state index contributed by atoms with van der Waals surface area (Å²) in [7, 11) is 0.696. The minimum Gasteiger partial charge on any atom is -0.537 e. The predicted molar refractivity (Wildman–Crippen MR) is 287 cm³/mol. The van der Waals surface area contributed by atoms with Gasteiger partial charge in [0.2, 0.25) is 0 Å². The van der Waals surface area contributed by atoms with E-state index in [1.807, 2.05) is 54.6 Å². The van der Waals surface area contributed by atoms with Crippen LogP contribution in [0.15, 0.2) is 246 Å². The fraction of sp³-hybridized carbons (Fsp3) is 0.0323. The number of benzene rings is 10. The molecule has 0 aliphatic heterocycles. The van der Waals surface area contributed by atoms with Gasteiger partial charge in [-0.15, -0.1) is 0 Å². The van der Waals surface area contributed by atoms with E-state index in [1.54, 1.807) is 0 Å². The molecular weight excluding hydrogens is 947 g/mol. The number of fused-ring (bicyclic) bond motifs is 6. The number of rotatable bonds is 7. The number of para-hydroxylation sites is 1. The first-order chi connectivity index (χ1) is 33.0. The summed E-state index contributed by atoms with van der Waals surface area (Å²) in [6.07, 6.45) is 2.05. The van der Waals surface area contributed by atoms with Crippen molar-refractivity contribution in [3.63, 3.8) is 0 Å². The molecule has 0 heterocycles. The number of hydrogen-bond acceptors (Lipinski definition) is 2. The highest BCUT2D eigenvalue weighted by atomic mass is 79.9. The van der Waals surface area contributed by atoms with Gasteiger partial charge in [-0.05, 0) is 150 Å². The first-order valence-corrected chi connectivity index (χ1v) is 24.0. The third kappa shape index (κ3) is 9.64. The minimum absolute atomic E-state index is 0.645. The molecule has 0 spiro atoms. The maximum absolute atomic E-state index is 8.64. The zero-order chi connectivity index (χ0) is 45.5. The normalized spacial score (nSPS) is 11.4. The molecule has 67 heavy (non-hydrogen) atoms. The van der Waals surface area contributed by atoms with Gasteiger partial charge in [0.1, 0.15) is 5.75 Å². The molecule has 1 N–H and O–H groups in total. The summed E-state index contributed by atoms with van der Waals surface area (Å²) >= 11 is 7.05. The second kappa shape index (κ2) is 20.2. The Labute approximate surface area is 410 Å². The van der Waals surface area contributed by atoms with Crippen molar-refractivity contribution in [3.05, 3.63) is 268 Å². The standard InChI is InChI=1S/C37H26.C13H8Br2.C12H10BO2/c1-3-11-26(12-4-1)32-15-7-9-17-34(32)30-21-19-28-23-29-20-22-31(25-37(29)36(28)24-30)35-18-10-8-16-33(35)27-13-5-2-6-14-27;14-10-3-1-8-5-9-2-4-11(15)7-13(9)12(8)6-10;14-13-15-12-9-5-4-8-11(12)10-6-2-1-3-7-10/h1-22,24-25H,23H2;1-4,6-7H,5H2;1-9,14H. The Morgan fingerprint density at radius 2 is 0.612 bits per heavy atom. The molecule has 0 fully saturated rings. The van der Waals surface area contributed by atoms with E-state index in [0.717, 1.165) is 32.9 Å². The Kier molecular flexibility index (Phi) is 13.2. The molecule has 2 aliphatic carbocycles. The first kappa shape index (κ1) is 43.9. The van der Waals surface area contributed by atoms with Crippen LogP contribution < -0.4 is 4.65 Å². The lowest BCUT2D eigenvalue weighted by Crippen LogP contribution is -2.00. The first-order valence-electron chi connectivity index (χ1n) is 22.4. The van der Waals surface area contributed by atoms with Crippen LogP contribution in [0.1, 0.15) is 22.3 Å². The van der Waals surface area contributed by atoms with E-state index >= 15 is 0 Å². The van der Waals surface area contributed by atoms with Crippen molar-refractivity contribution < 1.29 is 9.68 Å². The summed E-state index contributed by atoms with van der Waals surface area (Å²) in [4.78, 5) is 0. The Hall–Kier alpha value is -7.02. The van der Waals surface area contributed by atoms with E-state index in [0.29, 0.717) is 13.4 Å². The van der Waals surface area contributed by atoms with E-state index in [9.17, 15) is 0 Å². The van der Waals surface area contributed by atoms with Crippen molar-refractivity contribution in [1.29, 1.82) is 0 Å². The van der Waals surface area contributed by atoms with E-state index in [1.165, 1.54) is 89.0 Å². The second-order valence-corrected chi connectivity index (χ2v) is 18.4. The van der Waals surface area contributed by atoms with Gasteiger partial charge < -0.3 is 9.68 Å². The molecule has 10 aromatic carbocycles. The monoisotopic (exact) mass is 989 g/mol. The van der Waals surface area contributed by atoms with Gasteiger partial charge in [0.25, 0.3) is 0 Å². The Balaban J connectivity index is 0.000000143. The largest absolute Gasteiger partial charge is 0.569 e. The molecular formula is C62H44BBr2O2. The van der Waals surface area contributed by atoms with Crippen molar-refractivity contribution in [1.82, 2.24) is 0 Å². The fourth-order valence-electron chi connectivity index (χ4n) is 9.31. The van der Waals surface area contributed by atoms with Gasteiger partial charge in [-0.25, -0.2) is 0 Å². The summed E-state index contributed by atoms with van der Waals surface area (Å²) in [5.41, 5.74) is 23.2. The van der Waals surface area contributed by atoms with Crippen LogP contribution in [0.2, 0.25) is 0 Å². The van der Waals surface area contributed by atoms with Crippen molar-refractivity contribution in [3.8, 4) is 83.6 Å². The van der Waals surface area contributed by atoms with Gasteiger partial charge in [-0.2, -0.15) is 0 Å². The van der Waals surface area contributed by atoms with Crippen LogP contribution in [0.4, 0.5) is 0 Å². The molecule has 5 heteroatoms. The van der Waals surface area contributed by atoms with Gasteiger partial charge in [-0.1, -0.05) is 226 Å². The average Bonchev–Trinajstić information content (AvgIpc) is 3.94. The van der Waals surface area contributed by atoms with E-state index in [2.05, 4.69) is 214 Å². The molecule has 12 rings (SSSR count). The maximum Gasteiger partial charge on any atom is 0.569 e. The average molecular weight is 992 g/mol. The van der Waals surface area contributed by atoms with Crippen molar-refractivity contribution in [2.75, 3.05) is 0 Å². The van der Waals surface area contributed by atoms with Gasteiger partial charge in [0.05, 0.1) is 0 Å². The molecule has 2 nitrogen and oxygen atoms in total. The maximum atomic E-state index is 8.64. The Morgan fingerprint density at radius 1 is 0.299 bits per heavy atom. The highest BCUT2D eigenvalue weighted by Gasteiger charge is 2.22. The lowest BCUT2D eigenvalue weighted by Gasteiger charge is -2.13. The van der Waals surface area contributed by atoms with Crippen molar-refractivity contribution in [2.45, 2.75) is 12.8 Å². The SMILES string of the molecule is Brc1ccc2c(c1)-c1cc(Br)ccc1C2.O[B]Oc1ccccc1-c1ccccc1.c1ccc(-c2ccccc2-c2ccc3c(c2)-c2cc(-c4ccccc4-c4ccccc4)ccc2C3)cc1. The highest BCUT2D eigenvalue weighted by molar-refractivity contribution is 9.10. The van der Waals surface area contributed by atoms with E-state index < -0.39 is 0 Å². The van der Waals surface area contributed by atoms with Crippen molar-refractivity contribution in [2.24, 2.45) is 0 Å². The third-order valence-corrected chi connectivity index (χ3v) is 13.5. The van der Waals surface area contributed by atoms with Crippen LogP contribution >= 0.6 is 31.9 Å². The molecule has 0 atom stereocenters. The summed E-state index contributed by atoms with van der Waals surface area (Å²) in [6.45, 7) is 0. The molecule has 0 bridgehead atoms. The molecule has 0 aromatic heterocycles. The van der Waals surface area contributed by atoms with Gasteiger partial charge in [0.15, 0.2) is 0 Å². The van der Waals surface area contributed by atoms with Crippen molar-refractivity contribution >= 4 is 39.5 Å². The Morgan fingerprint density at radius 3 is 1.01 bits per heavy atom. The Bertz CT molecular complexity index is 3150. The molecule has 0 saturated heterocycles. The molecule has 0 amide bonds. The predicted octanol–water partition coefficient (Wildman–Crippen LogP) is 17.0. The zero-order valence-electron chi connectivity index (χ0n) is 36.6. The topological polar surface area (TPSA) is 29.5 Å². The molecule has 1 radical (unpaired) electrons. The highest BCUT2D eigenvalue weighted by Crippen LogP contribution is 2.44. The number of hydrogen-bond donors (Lipinski definition) is 1. The zero-order valence-corrected chi connectivity index (χ0v) is 39.8. The molecule has 2 aliphatic rings. The van der Waals surface area contributed by atoms with E-state index in [4.69, 9.17) is 9.68 Å². The van der Waals surface area contributed by atoms with Crippen LogP contribution in [-0.2, 0) is 12.8 Å². The van der Waals surface area contributed by atoms with Crippen LogP contribution in [-0.4, -0.2) is 12.7 Å². The molecule has 10 aromatic rings. The van der Waals surface area contributed by atoms with E-state index in [-0.39, 0.29) is 0 Å². The molecule has 321 valence electrons. The second-order valence-electron chi connectivity index (χ2n) is 16.6. The summed E-state index contributed by atoms with van der Waals surface area (Å²) in [5, 5.41) is 8.64.